The summed E-state index contributed by atoms with van der Waals surface area (Å²) in [5, 5.41) is 0. The Morgan fingerprint density at radius 1 is 1.00 bits per heavy atom. The highest BCUT2D eigenvalue weighted by Crippen LogP contribution is 2.32. The zero-order valence-corrected chi connectivity index (χ0v) is 11.3. The van der Waals surface area contributed by atoms with Crippen LogP contribution in [-0.4, -0.2) is 13.2 Å². The van der Waals surface area contributed by atoms with E-state index in [1.54, 1.807) is 12.1 Å². The topological polar surface area (TPSA) is 9.23 Å². The Bertz CT molecular complexity index is 361. The minimum absolute atomic E-state index is 0.354. The Balaban J connectivity index is 2.33. The quantitative estimate of drug-likeness (QED) is 0.616. The van der Waals surface area contributed by atoms with Gasteiger partial charge in [-0.25, -0.2) is 0 Å². The number of hydrogen-bond acceptors (Lipinski definition) is 1. The molecule has 0 aliphatic rings. The molecule has 4 heteroatoms. The van der Waals surface area contributed by atoms with Crippen LogP contribution in [0.3, 0.4) is 0 Å². The fraction of sp³-hybridized carbons (Fsp3) is 0.600. The van der Waals surface area contributed by atoms with Crippen LogP contribution in [0.4, 0.5) is 13.2 Å². The molecular weight excluding hydrogens is 253 g/mol. The van der Waals surface area contributed by atoms with E-state index in [9.17, 15) is 13.2 Å². The van der Waals surface area contributed by atoms with E-state index in [0.717, 1.165) is 25.3 Å². The monoisotopic (exact) mass is 274 g/mol. The second-order valence-electron chi connectivity index (χ2n) is 4.58. The molecule has 0 saturated heterocycles. The van der Waals surface area contributed by atoms with Crippen LogP contribution in [0.5, 0.6) is 0 Å². The third kappa shape index (κ3) is 6.10. The highest BCUT2D eigenvalue weighted by atomic mass is 19.4. The van der Waals surface area contributed by atoms with Crippen molar-refractivity contribution in [1.29, 1.82) is 0 Å². The fourth-order valence-electron chi connectivity index (χ4n) is 1.94. The van der Waals surface area contributed by atoms with Gasteiger partial charge in [-0.2, -0.15) is 13.2 Å². The van der Waals surface area contributed by atoms with Crippen molar-refractivity contribution in [3.8, 4) is 0 Å². The molecular formula is C15H21F3O. The first-order valence-corrected chi connectivity index (χ1v) is 6.78. The number of benzene rings is 1. The van der Waals surface area contributed by atoms with Gasteiger partial charge in [0.25, 0.3) is 0 Å². The van der Waals surface area contributed by atoms with E-state index in [1.165, 1.54) is 6.07 Å². The summed E-state index contributed by atoms with van der Waals surface area (Å²) in [6.07, 6.45) is 0.0656. The van der Waals surface area contributed by atoms with Gasteiger partial charge in [-0.05, 0) is 30.9 Å². The van der Waals surface area contributed by atoms with E-state index < -0.39 is 11.7 Å². The summed E-state index contributed by atoms with van der Waals surface area (Å²) < 4.78 is 43.6. The van der Waals surface area contributed by atoms with E-state index in [4.69, 9.17) is 4.74 Å². The van der Waals surface area contributed by atoms with Crippen molar-refractivity contribution >= 4 is 0 Å². The number of unbranched alkanes of at least 4 members (excludes halogenated alkanes) is 2. The maximum Gasteiger partial charge on any atom is 0.416 e. The SMILES string of the molecule is CCCCCOCCCc1ccccc1C(F)(F)F. The smallest absolute Gasteiger partial charge is 0.381 e. The van der Waals surface area contributed by atoms with Gasteiger partial charge < -0.3 is 4.74 Å². The molecule has 0 aliphatic carbocycles. The summed E-state index contributed by atoms with van der Waals surface area (Å²) >= 11 is 0. The molecule has 0 fully saturated rings. The van der Waals surface area contributed by atoms with Crippen molar-refractivity contribution in [2.45, 2.75) is 45.2 Å². The zero-order chi connectivity index (χ0) is 14.1. The van der Waals surface area contributed by atoms with Crippen molar-refractivity contribution in [2.75, 3.05) is 13.2 Å². The Morgan fingerprint density at radius 3 is 2.37 bits per heavy atom. The molecule has 1 aromatic rings. The first kappa shape index (κ1) is 16.0. The van der Waals surface area contributed by atoms with E-state index in [2.05, 4.69) is 6.92 Å². The summed E-state index contributed by atoms with van der Waals surface area (Å²) in [6, 6.07) is 5.75. The molecule has 0 amide bonds. The molecule has 0 unspecified atom stereocenters. The average molecular weight is 274 g/mol. The lowest BCUT2D eigenvalue weighted by Crippen LogP contribution is -2.09. The first-order chi connectivity index (χ1) is 9.05. The Morgan fingerprint density at radius 2 is 1.68 bits per heavy atom. The molecule has 108 valence electrons. The van der Waals surface area contributed by atoms with Gasteiger partial charge in [0.2, 0.25) is 0 Å². The molecule has 1 rings (SSSR count). The maximum absolute atomic E-state index is 12.7. The normalized spacial score (nSPS) is 11.8. The number of ether oxygens (including phenoxy) is 1. The van der Waals surface area contributed by atoms with Crippen LogP contribution in [0.1, 0.15) is 43.7 Å². The predicted molar refractivity (Wildman–Crippen MR) is 70.1 cm³/mol. The molecule has 0 N–H and O–H groups in total. The van der Waals surface area contributed by atoms with Crippen molar-refractivity contribution < 1.29 is 17.9 Å². The van der Waals surface area contributed by atoms with Crippen LogP contribution in [0.25, 0.3) is 0 Å². The van der Waals surface area contributed by atoms with Gasteiger partial charge >= 0.3 is 6.18 Å². The summed E-state index contributed by atoms with van der Waals surface area (Å²) in [5.41, 5.74) is -0.173. The summed E-state index contributed by atoms with van der Waals surface area (Å²) in [7, 11) is 0. The van der Waals surface area contributed by atoms with Crippen LogP contribution >= 0.6 is 0 Å². The largest absolute Gasteiger partial charge is 0.416 e. The lowest BCUT2D eigenvalue weighted by molar-refractivity contribution is -0.138. The molecule has 0 aliphatic heterocycles. The third-order valence-corrected chi connectivity index (χ3v) is 2.95. The summed E-state index contributed by atoms with van der Waals surface area (Å²) in [6.45, 7) is 3.35. The molecule has 0 aromatic heterocycles. The fourth-order valence-corrected chi connectivity index (χ4v) is 1.94. The van der Waals surface area contributed by atoms with E-state index in [0.29, 0.717) is 31.6 Å². The highest BCUT2D eigenvalue weighted by Gasteiger charge is 2.32. The van der Waals surface area contributed by atoms with Crippen molar-refractivity contribution in [3.05, 3.63) is 35.4 Å². The number of alkyl halides is 3. The number of hydrogen-bond donors (Lipinski definition) is 0. The Labute approximate surface area is 112 Å². The standard InChI is InChI=1S/C15H21F3O/c1-2-3-6-11-19-12-7-9-13-8-4-5-10-14(13)15(16,17)18/h4-5,8,10H,2-3,6-7,9,11-12H2,1H3. The predicted octanol–water partition coefficient (Wildman–Crippen LogP) is 4.84. The minimum atomic E-state index is -4.27. The summed E-state index contributed by atoms with van der Waals surface area (Å²) in [4.78, 5) is 0. The minimum Gasteiger partial charge on any atom is -0.381 e. The van der Waals surface area contributed by atoms with Gasteiger partial charge in [-0.15, -0.1) is 0 Å². The van der Waals surface area contributed by atoms with Gasteiger partial charge in [-0.1, -0.05) is 38.0 Å². The maximum atomic E-state index is 12.7. The number of rotatable bonds is 8. The molecule has 0 radical (unpaired) electrons. The van der Waals surface area contributed by atoms with Crippen molar-refractivity contribution in [2.24, 2.45) is 0 Å². The van der Waals surface area contributed by atoms with Crippen LogP contribution in [-0.2, 0) is 17.3 Å². The molecule has 0 heterocycles. The van der Waals surface area contributed by atoms with Gasteiger partial charge in [0.05, 0.1) is 5.56 Å². The van der Waals surface area contributed by atoms with Crippen molar-refractivity contribution in [3.63, 3.8) is 0 Å². The van der Waals surface area contributed by atoms with E-state index >= 15 is 0 Å². The lowest BCUT2D eigenvalue weighted by Gasteiger charge is -2.12. The van der Waals surface area contributed by atoms with Gasteiger partial charge in [0, 0.05) is 13.2 Å². The van der Waals surface area contributed by atoms with E-state index in [-0.39, 0.29) is 0 Å². The molecule has 0 bridgehead atoms. The number of halogens is 3. The molecule has 1 nitrogen and oxygen atoms in total. The first-order valence-electron chi connectivity index (χ1n) is 6.78. The van der Waals surface area contributed by atoms with Crippen LogP contribution in [0.15, 0.2) is 24.3 Å². The highest BCUT2D eigenvalue weighted by molar-refractivity contribution is 5.29. The average Bonchev–Trinajstić information content (AvgIpc) is 2.37. The van der Waals surface area contributed by atoms with Crippen molar-refractivity contribution in [1.82, 2.24) is 0 Å². The molecule has 0 atom stereocenters. The molecule has 0 spiro atoms. The Hall–Kier alpha value is -1.03. The summed E-state index contributed by atoms with van der Waals surface area (Å²) in [5.74, 6) is 0. The molecule has 19 heavy (non-hydrogen) atoms. The van der Waals surface area contributed by atoms with E-state index in [1.807, 2.05) is 0 Å². The van der Waals surface area contributed by atoms with Gasteiger partial charge in [0.15, 0.2) is 0 Å². The lowest BCUT2D eigenvalue weighted by atomic mass is 10.0. The Kier molecular flexibility index (Phi) is 6.92. The van der Waals surface area contributed by atoms with Gasteiger partial charge in [0.1, 0.15) is 0 Å². The third-order valence-electron chi connectivity index (χ3n) is 2.95. The number of aryl methyl sites for hydroxylation is 1. The molecule has 1 aromatic carbocycles. The van der Waals surface area contributed by atoms with Crippen LogP contribution in [0.2, 0.25) is 0 Å². The van der Waals surface area contributed by atoms with Gasteiger partial charge in [-0.3, -0.25) is 0 Å². The zero-order valence-electron chi connectivity index (χ0n) is 11.3. The van der Waals surface area contributed by atoms with Crippen LogP contribution < -0.4 is 0 Å². The second-order valence-corrected chi connectivity index (χ2v) is 4.58. The molecule has 0 saturated carbocycles. The van der Waals surface area contributed by atoms with Crippen LogP contribution in [0, 0.1) is 0 Å². The second kappa shape index (κ2) is 8.20.